The highest BCUT2D eigenvalue weighted by Crippen LogP contribution is 2.20. The highest BCUT2D eigenvalue weighted by Gasteiger charge is 2.21. The van der Waals surface area contributed by atoms with E-state index in [0.717, 1.165) is 11.6 Å². The molecule has 2 rings (SSSR count). The molecule has 2 aromatic carbocycles. The summed E-state index contributed by atoms with van der Waals surface area (Å²) in [5, 5.41) is -1.20. The molecular formula is C17H18FNO2S. The van der Waals surface area contributed by atoms with Gasteiger partial charge in [-0.15, -0.1) is 0 Å². The monoisotopic (exact) mass is 319 g/mol. The minimum atomic E-state index is -4.10. The SMILES string of the molecule is N[C@H](/C=C(\F)S(=O)(=O)c1ccccc1)CCc1ccccc1. The molecule has 0 aliphatic rings. The largest absolute Gasteiger partial charge is 0.324 e. The molecule has 0 aliphatic heterocycles. The van der Waals surface area contributed by atoms with E-state index in [1.54, 1.807) is 18.2 Å². The van der Waals surface area contributed by atoms with Crippen molar-refractivity contribution in [3.8, 4) is 0 Å². The Kier molecular flexibility index (Phi) is 5.46. The van der Waals surface area contributed by atoms with Crippen molar-refractivity contribution in [3.05, 3.63) is 77.5 Å². The second-order valence-electron chi connectivity index (χ2n) is 4.98. The number of hydrogen-bond donors (Lipinski definition) is 1. The van der Waals surface area contributed by atoms with Gasteiger partial charge in [0.1, 0.15) is 0 Å². The Hall–Kier alpha value is -1.98. The Balaban J connectivity index is 2.05. The van der Waals surface area contributed by atoms with Crippen LogP contribution in [0, 0.1) is 0 Å². The molecule has 0 unspecified atom stereocenters. The number of aryl methyl sites for hydroxylation is 1. The molecule has 116 valence electrons. The van der Waals surface area contributed by atoms with Gasteiger partial charge in [-0.2, -0.15) is 4.39 Å². The van der Waals surface area contributed by atoms with Gasteiger partial charge in [0.2, 0.25) is 15.0 Å². The lowest BCUT2D eigenvalue weighted by Crippen LogP contribution is -2.19. The molecule has 0 bridgehead atoms. The predicted octanol–water partition coefficient (Wildman–Crippen LogP) is 3.23. The van der Waals surface area contributed by atoms with Crippen LogP contribution in [0.2, 0.25) is 0 Å². The van der Waals surface area contributed by atoms with Crippen LogP contribution < -0.4 is 5.73 Å². The second kappa shape index (κ2) is 7.33. The molecular weight excluding hydrogens is 301 g/mol. The van der Waals surface area contributed by atoms with Crippen LogP contribution >= 0.6 is 0 Å². The van der Waals surface area contributed by atoms with Crippen LogP contribution in [-0.2, 0) is 16.3 Å². The fraction of sp³-hybridized carbons (Fsp3) is 0.176. The van der Waals surface area contributed by atoms with Crippen molar-refractivity contribution in [2.45, 2.75) is 23.8 Å². The van der Waals surface area contributed by atoms with Gasteiger partial charge in [0, 0.05) is 6.04 Å². The molecule has 0 heterocycles. The highest BCUT2D eigenvalue weighted by molar-refractivity contribution is 7.95. The van der Waals surface area contributed by atoms with Crippen molar-refractivity contribution in [2.75, 3.05) is 0 Å². The number of nitrogens with two attached hydrogens (primary N) is 1. The second-order valence-corrected chi connectivity index (χ2v) is 6.84. The Morgan fingerprint density at radius 3 is 2.18 bits per heavy atom. The lowest BCUT2D eigenvalue weighted by atomic mass is 10.1. The summed E-state index contributed by atoms with van der Waals surface area (Å²) in [4.78, 5) is -0.0704. The molecule has 0 aliphatic carbocycles. The quantitative estimate of drug-likeness (QED) is 0.889. The predicted molar refractivity (Wildman–Crippen MR) is 85.6 cm³/mol. The highest BCUT2D eigenvalue weighted by atomic mass is 32.2. The summed E-state index contributed by atoms with van der Waals surface area (Å²) in [5.74, 6) is 0. The zero-order valence-electron chi connectivity index (χ0n) is 12.0. The van der Waals surface area contributed by atoms with Crippen molar-refractivity contribution in [2.24, 2.45) is 5.73 Å². The van der Waals surface area contributed by atoms with Crippen LogP contribution in [0.5, 0.6) is 0 Å². The molecule has 3 nitrogen and oxygen atoms in total. The van der Waals surface area contributed by atoms with E-state index in [0.29, 0.717) is 12.8 Å². The summed E-state index contributed by atoms with van der Waals surface area (Å²) in [6.07, 6.45) is 2.12. The van der Waals surface area contributed by atoms with Crippen LogP contribution in [0.4, 0.5) is 4.39 Å². The molecule has 0 saturated carbocycles. The van der Waals surface area contributed by atoms with Gasteiger partial charge in [0.05, 0.1) is 4.90 Å². The van der Waals surface area contributed by atoms with Gasteiger partial charge < -0.3 is 5.73 Å². The van der Waals surface area contributed by atoms with Crippen LogP contribution in [0.1, 0.15) is 12.0 Å². The van der Waals surface area contributed by atoms with Gasteiger partial charge in [0.25, 0.3) is 0 Å². The van der Waals surface area contributed by atoms with Crippen molar-refractivity contribution < 1.29 is 12.8 Å². The third kappa shape index (κ3) is 4.26. The van der Waals surface area contributed by atoms with E-state index in [-0.39, 0.29) is 4.90 Å². The van der Waals surface area contributed by atoms with Crippen molar-refractivity contribution in [1.29, 1.82) is 0 Å². The summed E-state index contributed by atoms with van der Waals surface area (Å²) < 4.78 is 38.1. The van der Waals surface area contributed by atoms with E-state index in [4.69, 9.17) is 5.73 Å². The van der Waals surface area contributed by atoms with Gasteiger partial charge in [-0.25, -0.2) is 8.42 Å². The molecule has 2 N–H and O–H groups in total. The minimum Gasteiger partial charge on any atom is -0.324 e. The number of halogens is 1. The first kappa shape index (κ1) is 16.4. The average Bonchev–Trinajstić information content (AvgIpc) is 2.54. The number of rotatable bonds is 6. The molecule has 0 aromatic heterocycles. The summed E-state index contributed by atoms with van der Waals surface area (Å²) in [7, 11) is -4.10. The van der Waals surface area contributed by atoms with Crippen molar-refractivity contribution >= 4 is 9.84 Å². The normalized spacial score (nSPS) is 13.8. The van der Waals surface area contributed by atoms with E-state index < -0.39 is 21.0 Å². The third-order valence-electron chi connectivity index (χ3n) is 3.26. The number of hydrogen-bond acceptors (Lipinski definition) is 3. The molecule has 5 heteroatoms. The molecule has 2 aromatic rings. The fourth-order valence-electron chi connectivity index (χ4n) is 2.03. The standard InChI is InChI=1S/C17H18FNO2S/c18-17(22(20,21)16-9-5-2-6-10-16)13-15(19)12-11-14-7-3-1-4-8-14/h1-10,13,15H,11-12,19H2/b17-13+/t15-/m0/s1. The minimum absolute atomic E-state index is 0.0704. The Morgan fingerprint density at radius 2 is 1.59 bits per heavy atom. The number of sulfone groups is 1. The molecule has 1 atom stereocenters. The van der Waals surface area contributed by atoms with Crippen LogP contribution in [-0.4, -0.2) is 14.5 Å². The Morgan fingerprint density at radius 1 is 1.05 bits per heavy atom. The summed E-state index contributed by atoms with van der Waals surface area (Å²) in [6.45, 7) is 0. The van der Waals surface area contributed by atoms with Crippen LogP contribution in [0.25, 0.3) is 0 Å². The molecule has 0 saturated heterocycles. The van der Waals surface area contributed by atoms with E-state index in [2.05, 4.69) is 0 Å². The first-order chi connectivity index (χ1) is 10.5. The first-order valence-electron chi connectivity index (χ1n) is 6.97. The van der Waals surface area contributed by atoms with Crippen molar-refractivity contribution in [1.82, 2.24) is 0 Å². The lowest BCUT2D eigenvalue weighted by molar-refractivity contribution is 0.572. The third-order valence-corrected chi connectivity index (χ3v) is 4.81. The van der Waals surface area contributed by atoms with E-state index in [1.165, 1.54) is 12.1 Å². The maximum absolute atomic E-state index is 14.0. The maximum Gasteiger partial charge on any atom is 0.233 e. The summed E-state index contributed by atoms with van der Waals surface area (Å²) >= 11 is 0. The van der Waals surface area contributed by atoms with Crippen LogP contribution in [0.15, 0.2) is 76.8 Å². The van der Waals surface area contributed by atoms with Gasteiger partial charge in [-0.05, 0) is 36.6 Å². The van der Waals surface area contributed by atoms with Gasteiger partial charge in [0.15, 0.2) is 0 Å². The van der Waals surface area contributed by atoms with Gasteiger partial charge in [-0.1, -0.05) is 48.5 Å². The van der Waals surface area contributed by atoms with Crippen LogP contribution in [0.3, 0.4) is 0 Å². The fourth-order valence-corrected chi connectivity index (χ4v) is 3.13. The molecule has 0 amide bonds. The topological polar surface area (TPSA) is 60.2 Å². The summed E-state index contributed by atoms with van der Waals surface area (Å²) in [5.41, 5.74) is 6.90. The summed E-state index contributed by atoms with van der Waals surface area (Å²) in [6, 6.07) is 16.5. The number of benzene rings is 2. The zero-order chi connectivity index (χ0) is 16.0. The lowest BCUT2D eigenvalue weighted by Gasteiger charge is -2.08. The molecule has 0 fully saturated rings. The molecule has 0 radical (unpaired) electrons. The van der Waals surface area contributed by atoms with E-state index in [9.17, 15) is 12.8 Å². The van der Waals surface area contributed by atoms with E-state index in [1.807, 2.05) is 30.3 Å². The van der Waals surface area contributed by atoms with Gasteiger partial charge in [-0.3, -0.25) is 0 Å². The van der Waals surface area contributed by atoms with Crippen molar-refractivity contribution in [3.63, 3.8) is 0 Å². The zero-order valence-corrected chi connectivity index (χ0v) is 12.8. The molecule has 22 heavy (non-hydrogen) atoms. The average molecular weight is 319 g/mol. The first-order valence-corrected chi connectivity index (χ1v) is 8.45. The van der Waals surface area contributed by atoms with Gasteiger partial charge >= 0.3 is 0 Å². The Labute approximate surface area is 130 Å². The molecule has 0 spiro atoms. The smallest absolute Gasteiger partial charge is 0.233 e. The van der Waals surface area contributed by atoms with E-state index >= 15 is 0 Å². The Bertz CT molecular complexity index is 728. The maximum atomic E-state index is 14.0.